The molecule has 1 fully saturated rings. The van der Waals surface area contributed by atoms with Gasteiger partial charge in [-0.05, 0) is 12.8 Å². The predicted molar refractivity (Wildman–Crippen MR) is 62.8 cm³/mol. The lowest BCUT2D eigenvalue weighted by Crippen LogP contribution is -2.39. The fourth-order valence-electron chi connectivity index (χ4n) is 1.92. The number of rotatable bonds is 5. The minimum Gasteiger partial charge on any atom is -0.353 e. The highest BCUT2D eigenvalue weighted by molar-refractivity contribution is 5.96. The van der Waals surface area contributed by atoms with E-state index in [1.54, 1.807) is 6.08 Å². The third-order valence-electron chi connectivity index (χ3n) is 2.73. The van der Waals surface area contributed by atoms with Crippen LogP contribution in [0, 0.1) is 0 Å². The van der Waals surface area contributed by atoms with Crippen molar-refractivity contribution in [2.45, 2.75) is 44.6 Å². The highest BCUT2D eigenvalue weighted by Crippen LogP contribution is 2.17. The first-order valence-electron chi connectivity index (χ1n) is 5.89. The van der Waals surface area contributed by atoms with Gasteiger partial charge >= 0.3 is 0 Å². The molecule has 4 nitrogen and oxygen atoms in total. The lowest BCUT2D eigenvalue weighted by atomic mass is 9.95. The number of hydrogen-bond donors (Lipinski definition) is 2. The van der Waals surface area contributed by atoms with Gasteiger partial charge in [0.1, 0.15) is 6.42 Å². The average molecular weight is 224 g/mol. The van der Waals surface area contributed by atoms with Crippen LogP contribution in [0.2, 0.25) is 0 Å². The maximum atomic E-state index is 11.5. The Morgan fingerprint density at radius 1 is 1.19 bits per heavy atom. The Balaban J connectivity index is 2.18. The maximum Gasteiger partial charge on any atom is 0.229 e. The molecule has 1 aliphatic carbocycles. The van der Waals surface area contributed by atoms with Crippen LogP contribution in [0.1, 0.15) is 38.5 Å². The summed E-state index contributed by atoms with van der Waals surface area (Å²) in [5.41, 5.74) is 0. The van der Waals surface area contributed by atoms with Crippen LogP contribution in [0.4, 0.5) is 0 Å². The Morgan fingerprint density at radius 3 is 2.50 bits per heavy atom. The molecule has 1 rings (SSSR count). The first-order valence-corrected chi connectivity index (χ1v) is 5.89. The molecular weight excluding hydrogens is 204 g/mol. The van der Waals surface area contributed by atoms with Gasteiger partial charge in [0.15, 0.2) is 0 Å². The second-order valence-corrected chi connectivity index (χ2v) is 4.17. The molecule has 0 aliphatic heterocycles. The van der Waals surface area contributed by atoms with Crippen molar-refractivity contribution >= 4 is 11.8 Å². The molecular formula is C12H20N2O2. The fourth-order valence-corrected chi connectivity index (χ4v) is 1.92. The SMILES string of the molecule is C=CCNC(=O)CC(=O)NC1CCCCC1. The van der Waals surface area contributed by atoms with E-state index in [9.17, 15) is 9.59 Å². The molecule has 2 N–H and O–H groups in total. The summed E-state index contributed by atoms with van der Waals surface area (Å²) in [4.78, 5) is 22.7. The standard InChI is InChI=1S/C12H20N2O2/c1-2-8-13-11(15)9-12(16)14-10-6-4-3-5-7-10/h2,10H,1,3-9H2,(H,13,15)(H,14,16). The van der Waals surface area contributed by atoms with Gasteiger partial charge in [-0.3, -0.25) is 9.59 Å². The molecule has 0 unspecified atom stereocenters. The van der Waals surface area contributed by atoms with Crippen LogP contribution in [0.15, 0.2) is 12.7 Å². The molecule has 90 valence electrons. The molecule has 0 aromatic carbocycles. The van der Waals surface area contributed by atoms with E-state index in [-0.39, 0.29) is 24.3 Å². The number of carbonyl (C=O) groups is 2. The monoisotopic (exact) mass is 224 g/mol. The minimum absolute atomic E-state index is 0.0790. The minimum atomic E-state index is -0.242. The summed E-state index contributed by atoms with van der Waals surface area (Å²) >= 11 is 0. The number of hydrogen-bond acceptors (Lipinski definition) is 2. The van der Waals surface area contributed by atoms with Crippen LogP contribution in [0.3, 0.4) is 0 Å². The highest BCUT2D eigenvalue weighted by Gasteiger charge is 2.16. The van der Waals surface area contributed by atoms with Crippen LogP contribution >= 0.6 is 0 Å². The number of nitrogens with one attached hydrogen (secondary N) is 2. The first-order chi connectivity index (χ1) is 7.72. The molecule has 2 amide bonds. The first kappa shape index (κ1) is 12.7. The van der Waals surface area contributed by atoms with E-state index in [0.717, 1.165) is 12.8 Å². The molecule has 0 aromatic rings. The van der Waals surface area contributed by atoms with Crippen molar-refractivity contribution in [3.8, 4) is 0 Å². The predicted octanol–water partition coefficient (Wildman–Crippen LogP) is 1.13. The van der Waals surface area contributed by atoms with Crippen molar-refractivity contribution < 1.29 is 9.59 Å². The summed E-state index contributed by atoms with van der Waals surface area (Å²) in [6, 6.07) is 0.272. The van der Waals surface area contributed by atoms with E-state index in [1.165, 1.54) is 19.3 Å². The number of carbonyl (C=O) groups excluding carboxylic acids is 2. The lowest BCUT2D eigenvalue weighted by Gasteiger charge is -2.22. The van der Waals surface area contributed by atoms with Crippen LogP contribution in [0.5, 0.6) is 0 Å². The van der Waals surface area contributed by atoms with Gasteiger partial charge in [0.2, 0.25) is 11.8 Å². The van der Waals surface area contributed by atoms with Gasteiger partial charge in [0, 0.05) is 12.6 Å². The molecule has 0 saturated heterocycles. The van der Waals surface area contributed by atoms with Gasteiger partial charge in [0.25, 0.3) is 0 Å². The topological polar surface area (TPSA) is 58.2 Å². The fraction of sp³-hybridized carbons (Fsp3) is 0.667. The third-order valence-corrected chi connectivity index (χ3v) is 2.73. The van der Waals surface area contributed by atoms with E-state index in [4.69, 9.17) is 0 Å². The Labute approximate surface area is 96.5 Å². The molecule has 0 aromatic heterocycles. The Kier molecular flexibility index (Phi) is 5.61. The Bertz CT molecular complexity index is 258. The lowest BCUT2D eigenvalue weighted by molar-refractivity contribution is -0.129. The van der Waals surface area contributed by atoms with E-state index in [2.05, 4.69) is 17.2 Å². The van der Waals surface area contributed by atoms with Crippen LogP contribution < -0.4 is 10.6 Å². The summed E-state index contributed by atoms with van der Waals surface area (Å²) in [5.74, 6) is -0.415. The molecule has 16 heavy (non-hydrogen) atoms. The second-order valence-electron chi connectivity index (χ2n) is 4.17. The van der Waals surface area contributed by atoms with E-state index in [1.807, 2.05) is 0 Å². The van der Waals surface area contributed by atoms with Gasteiger partial charge in [-0.1, -0.05) is 25.3 Å². The number of amides is 2. The van der Waals surface area contributed by atoms with Gasteiger partial charge in [-0.25, -0.2) is 0 Å². The average Bonchev–Trinajstić information content (AvgIpc) is 2.27. The van der Waals surface area contributed by atoms with Crippen molar-refractivity contribution in [2.75, 3.05) is 6.54 Å². The second kappa shape index (κ2) is 7.04. The van der Waals surface area contributed by atoms with Crippen LogP contribution in [-0.4, -0.2) is 24.4 Å². The normalized spacial score (nSPS) is 16.5. The quantitative estimate of drug-likeness (QED) is 0.543. The summed E-state index contributed by atoms with van der Waals surface area (Å²) in [7, 11) is 0. The zero-order valence-corrected chi connectivity index (χ0v) is 9.63. The molecule has 0 heterocycles. The molecule has 1 saturated carbocycles. The molecule has 0 radical (unpaired) electrons. The summed E-state index contributed by atoms with van der Waals surface area (Å²) in [5, 5.41) is 5.48. The van der Waals surface area contributed by atoms with Gasteiger partial charge < -0.3 is 10.6 Å². The molecule has 0 atom stereocenters. The van der Waals surface area contributed by atoms with E-state index in [0.29, 0.717) is 6.54 Å². The van der Waals surface area contributed by atoms with Crippen molar-refractivity contribution in [2.24, 2.45) is 0 Å². The molecule has 4 heteroatoms. The third kappa shape index (κ3) is 4.96. The maximum absolute atomic E-state index is 11.5. The molecule has 1 aliphatic rings. The Morgan fingerprint density at radius 2 is 1.88 bits per heavy atom. The zero-order valence-electron chi connectivity index (χ0n) is 9.63. The van der Waals surface area contributed by atoms with Crippen LogP contribution in [0.25, 0.3) is 0 Å². The highest BCUT2D eigenvalue weighted by atomic mass is 16.2. The van der Waals surface area contributed by atoms with Gasteiger partial charge in [0.05, 0.1) is 0 Å². The zero-order chi connectivity index (χ0) is 11.8. The van der Waals surface area contributed by atoms with Gasteiger partial charge in [-0.2, -0.15) is 0 Å². The van der Waals surface area contributed by atoms with Crippen molar-refractivity contribution in [3.05, 3.63) is 12.7 Å². The van der Waals surface area contributed by atoms with Crippen molar-refractivity contribution in [1.82, 2.24) is 10.6 Å². The van der Waals surface area contributed by atoms with Crippen molar-refractivity contribution in [3.63, 3.8) is 0 Å². The summed E-state index contributed by atoms with van der Waals surface area (Å²) < 4.78 is 0. The van der Waals surface area contributed by atoms with E-state index < -0.39 is 0 Å². The summed E-state index contributed by atoms with van der Waals surface area (Å²) in [6.45, 7) is 3.90. The van der Waals surface area contributed by atoms with Crippen LogP contribution in [-0.2, 0) is 9.59 Å². The molecule has 0 spiro atoms. The van der Waals surface area contributed by atoms with Gasteiger partial charge in [-0.15, -0.1) is 6.58 Å². The Hall–Kier alpha value is -1.32. The van der Waals surface area contributed by atoms with Crippen molar-refractivity contribution in [1.29, 1.82) is 0 Å². The van der Waals surface area contributed by atoms with E-state index >= 15 is 0 Å². The summed E-state index contributed by atoms with van der Waals surface area (Å²) in [6.07, 6.45) is 7.20. The molecule has 0 bridgehead atoms. The largest absolute Gasteiger partial charge is 0.353 e. The smallest absolute Gasteiger partial charge is 0.229 e.